The molecule has 0 saturated carbocycles. The van der Waals surface area contributed by atoms with Gasteiger partial charge in [0.15, 0.2) is 5.75 Å². The lowest BCUT2D eigenvalue weighted by Crippen LogP contribution is -2.32. The van der Waals surface area contributed by atoms with Gasteiger partial charge in [-0.05, 0) is 48.4 Å². The molecular weight excluding hydrogens is 385 g/mol. The van der Waals surface area contributed by atoms with Crippen LogP contribution in [0.4, 0.5) is 10.1 Å². The lowest BCUT2D eigenvalue weighted by Gasteiger charge is -2.21. The highest BCUT2D eigenvalue weighted by molar-refractivity contribution is 6.09. The van der Waals surface area contributed by atoms with Crippen LogP contribution in [0, 0.1) is 5.82 Å². The maximum absolute atomic E-state index is 13.1. The lowest BCUT2D eigenvalue weighted by atomic mass is 10.2. The number of carbonyl (C=O) groups excluding carboxylic acids is 2. The Morgan fingerprint density at radius 3 is 2.70 bits per heavy atom. The Morgan fingerprint density at radius 2 is 1.87 bits per heavy atom. The Morgan fingerprint density at radius 1 is 1.07 bits per heavy atom. The molecule has 1 N–H and O–H groups in total. The van der Waals surface area contributed by atoms with Crippen LogP contribution in [0.2, 0.25) is 0 Å². The van der Waals surface area contributed by atoms with Gasteiger partial charge in [0, 0.05) is 25.7 Å². The van der Waals surface area contributed by atoms with E-state index in [1.807, 2.05) is 18.2 Å². The molecule has 7 heteroatoms. The summed E-state index contributed by atoms with van der Waals surface area (Å²) in [5.41, 5.74) is 1.85. The van der Waals surface area contributed by atoms with Gasteiger partial charge in [-0.3, -0.25) is 9.59 Å². The molecule has 4 rings (SSSR count). The minimum absolute atomic E-state index is 0.131. The summed E-state index contributed by atoms with van der Waals surface area (Å²) in [5, 5.41) is 2.81. The van der Waals surface area contributed by atoms with Crippen molar-refractivity contribution < 1.29 is 18.7 Å². The van der Waals surface area contributed by atoms with Gasteiger partial charge in [0.2, 0.25) is 11.8 Å². The van der Waals surface area contributed by atoms with E-state index in [9.17, 15) is 14.0 Å². The van der Waals surface area contributed by atoms with Crippen LogP contribution in [0.25, 0.3) is 0 Å². The number of rotatable bonds is 6. The second kappa shape index (κ2) is 8.73. The van der Waals surface area contributed by atoms with Crippen LogP contribution in [-0.2, 0) is 11.3 Å². The number of hydrogen-bond donors (Lipinski definition) is 1. The monoisotopic (exact) mass is 405 g/mol. The molecule has 0 atom stereocenters. The Hall–Kier alpha value is -3.74. The van der Waals surface area contributed by atoms with Gasteiger partial charge in [-0.25, -0.2) is 9.37 Å². The SMILES string of the molecule is O=C(CCCN1C(=O)c2cccnc2Oc2ccccc21)NCc1ccc(F)cc1. The molecule has 0 spiro atoms. The topological polar surface area (TPSA) is 71.5 Å². The number of halogens is 1. The van der Waals surface area contributed by atoms with E-state index in [1.54, 1.807) is 41.4 Å². The van der Waals surface area contributed by atoms with Crippen LogP contribution < -0.4 is 15.0 Å². The Bertz CT molecular complexity index is 1070. The van der Waals surface area contributed by atoms with Crippen molar-refractivity contribution in [3.05, 3.63) is 83.8 Å². The van der Waals surface area contributed by atoms with Gasteiger partial charge in [0.05, 0.1) is 5.69 Å². The number of para-hydroxylation sites is 2. The highest BCUT2D eigenvalue weighted by Gasteiger charge is 2.28. The number of amides is 2. The van der Waals surface area contributed by atoms with Crippen molar-refractivity contribution in [1.82, 2.24) is 10.3 Å². The van der Waals surface area contributed by atoms with Gasteiger partial charge >= 0.3 is 0 Å². The number of nitrogens with zero attached hydrogens (tertiary/aromatic N) is 2. The van der Waals surface area contributed by atoms with Crippen molar-refractivity contribution in [2.24, 2.45) is 0 Å². The number of carbonyl (C=O) groups is 2. The lowest BCUT2D eigenvalue weighted by molar-refractivity contribution is -0.121. The van der Waals surface area contributed by atoms with Gasteiger partial charge in [0.25, 0.3) is 5.91 Å². The van der Waals surface area contributed by atoms with Gasteiger partial charge in [-0.2, -0.15) is 0 Å². The number of fused-ring (bicyclic) bond motifs is 2. The van der Waals surface area contributed by atoms with Gasteiger partial charge in [-0.15, -0.1) is 0 Å². The molecule has 2 aromatic carbocycles. The van der Waals surface area contributed by atoms with E-state index in [0.29, 0.717) is 36.5 Å². The summed E-state index contributed by atoms with van der Waals surface area (Å²) in [6.45, 7) is 0.689. The van der Waals surface area contributed by atoms with Crippen LogP contribution in [0.1, 0.15) is 28.8 Å². The fraction of sp³-hybridized carbons (Fsp3) is 0.174. The predicted octanol–water partition coefficient (Wildman–Crippen LogP) is 4.07. The van der Waals surface area contributed by atoms with Gasteiger partial charge in [0.1, 0.15) is 11.4 Å². The first-order chi connectivity index (χ1) is 14.6. The number of pyridine rings is 1. The van der Waals surface area contributed by atoms with E-state index in [1.165, 1.54) is 12.1 Å². The van der Waals surface area contributed by atoms with Crippen molar-refractivity contribution in [3.63, 3.8) is 0 Å². The quantitative estimate of drug-likeness (QED) is 0.671. The fourth-order valence-electron chi connectivity index (χ4n) is 3.27. The number of aromatic nitrogens is 1. The summed E-state index contributed by atoms with van der Waals surface area (Å²) in [6, 6.07) is 16.6. The molecule has 0 bridgehead atoms. The van der Waals surface area contributed by atoms with Crippen LogP contribution in [0.15, 0.2) is 66.9 Å². The normalized spacial score (nSPS) is 12.4. The van der Waals surface area contributed by atoms with Crippen LogP contribution in [-0.4, -0.2) is 23.3 Å². The van der Waals surface area contributed by atoms with Crippen molar-refractivity contribution in [3.8, 4) is 11.6 Å². The number of ether oxygens (including phenoxy) is 1. The number of nitrogens with one attached hydrogen (secondary N) is 1. The van der Waals surface area contributed by atoms with Crippen LogP contribution in [0.5, 0.6) is 11.6 Å². The standard InChI is InChI=1S/C23H20FN3O3/c24-17-11-9-16(10-12-17)15-26-21(28)8-4-14-27-19-6-1-2-7-20(19)30-22-18(23(27)29)5-3-13-25-22/h1-3,5-7,9-13H,4,8,14-15H2,(H,26,28). The summed E-state index contributed by atoms with van der Waals surface area (Å²) >= 11 is 0. The number of hydrogen-bond acceptors (Lipinski definition) is 4. The molecule has 0 aliphatic carbocycles. The molecule has 2 heterocycles. The molecule has 0 fully saturated rings. The first-order valence-corrected chi connectivity index (χ1v) is 9.67. The first kappa shape index (κ1) is 19.6. The predicted molar refractivity (Wildman–Crippen MR) is 110 cm³/mol. The number of benzene rings is 2. The van der Waals surface area contributed by atoms with E-state index in [4.69, 9.17) is 4.74 Å². The summed E-state index contributed by atoms with van der Waals surface area (Å²) in [4.78, 5) is 31.1. The second-order valence-electron chi connectivity index (χ2n) is 6.89. The van der Waals surface area contributed by atoms with E-state index >= 15 is 0 Å². The van der Waals surface area contributed by atoms with Crippen molar-refractivity contribution >= 4 is 17.5 Å². The molecule has 1 aliphatic rings. The third-order valence-corrected chi connectivity index (χ3v) is 4.80. The highest BCUT2D eigenvalue weighted by Crippen LogP contribution is 2.37. The zero-order chi connectivity index (χ0) is 20.9. The molecule has 3 aromatic rings. The van der Waals surface area contributed by atoms with Crippen LogP contribution in [0.3, 0.4) is 0 Å². The van der Waals surface area contributed by atoms with E-state index in [0.717, 1.165) is 5.56 Å². The Kier molecular flexibility index (Phi) is 5.70. The summed E-state index contributed by atoms with van der Waals surface area (Å²) in [7, 11) is 0. The molecular formula is C23H20FN3O3. The Labute approximate surface area is 173 Å². The maximum atomic E-state index is 13.1. The zero-order valence-electron chi connectivity index (χ0n) is 16.2. The average Bonchev–Trinajstić information content (AvgIpc) is 2.88. The van der Waals surface area contributed by atoms with E-state index < -0.39 is 0 Å². The number of anilines is 1. The van der Waals surface area contributed by atoms with Crippen molar-refractivity contribution in [1.29, 1.82) is 0 Å². The molecule has 6 nitrogen and oxygen atoms in total. The second-order valence-corrected chi connectivity index (χ2v) is 6.89. The molecule has 1 aromatic heterocycles. The third kappa shape index (κ3) is 4.30. The molecule has 2 amide bonds. The van der Waals surface area contributed by atoms with E-state index in [-0.39, 0.29) is 29.9 Å². The summed E-state index contributed by atoms with van der Waals surface area (Å²) in [6.07, 6.45) is 2.31. The first-order valence-electron chi connectivity index (χ1n) is 9.67. The minimum atomic E-state index is -0.312. The average molecular weight is 405 g/mol. The molecule has 0 radical (unpaired) electrons. The van der Waals surface area contributed by atoms with Crippen molar-refractivity contribution in [2.75, 3.05) is 11.4 Å². The molecule has 0 unspecified atom stereocenters. The van der Waals surface area contributed by atoms with Crippen molar-refractivity contribution in [2.45, 2.75) is 19.4 Å². The Balaban J connectivity index is 1.40. The summed E-state index contributed by atoms with van der Waals surface area (Å²) < 4.78 is 18.8. The third-order valence-electron chi connectivity index (χ3n) is 4.80. The van der Waals surface area contributed by atoms with E-state index in [2.05, 4.69) is 10.3 Å². The van der Waals surface area contributed by atoms with Crippen LogP contribution >= 0.6 is 0 Å². The fourth-order valence-corrected chi connectivity index (χ4v) is 3.27. The smallest absolute Gasteiger partial charge is 0.263 e. The zero-order valence-corrected chi connectivity index (χ0v) is 16.2. The molecule has 30 heavy (non-hydrogen) atoms. The largest absolute Gasteiger partial charge is 0.436 e. The molecule has 152 valence electrons. The minimum Gasteiger partial charge on any atom is -0.436 e. The van der Waals surface area contributed by atoms with Gasteiger partial charge in [-0.1, -0.05) is 24.3 Å². The molecule has 1 aliphatic heterocycles. The molecule has 0 saturated heterocycles. The summed E-state index contributed by atoms with van der Waals surface area (Å²) in [5.74, 6) is 0.162. The maximum Gasteiger partial charge on any atom is 0.263 e. The highest BCUT2D eigenvalue weighted by atomic mass is 19.1. The van der Waals surface area contributed by atoms with Gasteiger partial charge < -0.3 is 15.0 Å².